The molecule has 0 aliphatic carbocycles. The normalized spacial score (nSPS) is 13.9. The maximum atomic E-state index is 2.59. The molecule has 4 aromatic rings. The fourth-order valence-electron chi connectivity index (χ4n) is 5.18. The lowest BCUT2D eigenvalue weighted by molar-refractivity contribution is -0.883. The highest BCUT2D eigenvalue weighted by Gasteiger charge is 2.30. The van der Waals surface area contributed by atoms with Crippen molar-refractivity contribution in [3.63, 3.8) is 0 Å². The molecule has 1 aliphatic rings. The van der Waals surface area contributed by atoms with E-state index in [1.165, 1.54) is 44.3 Å². The lowest BCUT2D eigenvalue weighted by Gasteiger charge is -2.28. The molecule has 0 saturated heterocycles. The van der Waals surface area contributed by atoms with Gasteiger partial charge in [0.15, 0.2) is 0 Å². The summed E-state index contributed by atoms with van der Waals surface area (Å²) in [4.78, 5) is 0. The van der Waals surface area contributed by atoms with Crippen LogP contribution in [0, 0.1) is 0 Å². The van der Waals surface area contributed by atoms with Crippen molar-refractivity contribution in [3.8, 4) is 0 Å². The van der Waals surface area contributed by atoms with Gasteiger partial charge in [0.1, 0.15) is 13.1 Å². The molecule has 0 bridgehead atoms. The Morgan fingerprint density at radius 2 is 0.968 bits per heavy atom. The van der Waals surface area contributed by atoms with Gasteiger partial charge in [-0.2, -0.15) is 0 Å². The molecule has 5 heteroatoms. The topological polar surface area (TPSA) is 9.86 Å². The third-order valence-electron chi connectivity index (χ3n) is 6.27. The van der Waals surface area contributed by atoms with Crippen molar-refractivity contribution in [3.05, 3.63) is 71.0 Å². The molecule has 2 aromatic carbocycles. The van der Waals surface area contributed by atoms with Crippen molar-refractivity contribution in [2.45, 2.75) is 26.2 Å². The number of rotatable bonds is 4. The van der Waals surface area contributed by atoms with Gasteiger partial charge in [-0.15, -0.1) is 0 Å². The molecule has 0 saturated carbocycles. The van der Waals surface area contributed by atoms with Crippen molar-refractivity contribution >= 4 is 21.8 Å². The number of para-hydroxylation sites is 2. The molecule has 4 nitrogen and oxygen atoms in total. The molecule has 0 spiro atoms. The van der Waals surface area contributed by atoms with Crippen LogP contribution < -0.4 is 24.0 Å². The third-order valence-corrected chi connectivity index (χ3v) is 6.27. The zero-order valence-corrected chi connectivity index (χ0v) is 21.8. The molecule has 0 N–H and O–H groups in total. The smallest absolute Gasteiger partial charge is 0.106 e. The van der Waals surface area contributed by atoms with Gasteiger partial charge in [-0.05, 0) is 12.1 Å². The van der Waals surface area contributed by atoms with Crippen molar-refractivity contribution < 1.29 is 32.9 Å². The van der Waals surface area contributed by atoms with Crippen LogP contribution in [0.4, 0.5) is 0 Å². The molecule has 164 valence electrons. The number of nitrogens with zero attached hydrogens (tertiary/aromatic N) is 4. The van der Waals surface area contributed by atoms with E-state index in [-0.39, 0.29) is 24.0 Å². The Hall–Kier alpha value is -1.83. The average Bonchev–Trinajstić information content (AvgIpc) is 3.12. The van der Waals surface area contributed by atoms with E-state index < -0.39 is 0 Å². The van der Waals surface area contributed by atoms with Gasteiger partial charge >= 0.3 is 0 Å². The zero-order valence-electron chi connectivity index (χ0n) is 19.6. The van der Waals surface area contributed by atoms with Gasteiger partial charge in [0.25, 0.3) is 0 Å². The molecule has 0 amide bonds. The third kappa shape index (κ3) is 3.92. The number of aromatic nitrogens is 2. The van der Waals surface area contributed by atoms with E-state index in [4.69, 9.17) is 0 Å². The quantitative estimate of drug-likeness (QED) is 0.246. The van der Waals surface area contributed by atoms with Crippen LogP contribution in [0.3, 0.4) is 0 Å². The van der Waals surface area contributed by atoms with Crippen molar-refractivity contribution in [2.75, 3.05) is 42.3 Å². The minimum Gasteiger partial charge on any atom is -1.00 e. The van der Waals surface area contributed by atoms with E-state index >= 15 is 0 Å². The number of hydrogen-bond acceptors (Lipinski definition) is 0. The first-order chi connectivity index (χ1) is 14.1. The minimum absolute atomic E-state index is 0. The van der Waals surface area contributed by atoms with Crippen LogP contribution in [0.2, 0.25) is 0 Å². The fourth-order valence-corrected chi connectivity index (χ4v) is 5.18. The Labute approximate surface area is 202 Å². The second kappa shape index (κ2) is 7.64. The molecule has 0 unspecified atom stereocenters. The van der Waals surface area contributed by atoms with Gasteiger partial charge in [-0.25, -0.2) is 0 Å². The van der Waals surface area contributed by atoms with Crippen LogP contribution in [0.25, 0.3) is 21.8 Å². The molecule has 0 radical (unpaired) electrons. The molecule has 1 aliphatic heterocycles. The summed E-state index contributed by atoms with van der Waals surface area (Å²) < 4.78 is 7.06. The number of benzene rings is 2. The second-order valence-corrected chi connectivity index (χ2v) is 11.0. The summed E-state index contributed by atoms with van der Waals surface area (Å²) >= 11 is 0. The van der Waals surface area contributed by atoms with Crippen LogP contribution in [0.15, 0.2) is 48.5 Å². The number of hydrogen-bond donors (Lipinski definition) is 0. The molecule has 0 fully saturated rings. The van der Waals surface area contributed by atoms with Crippen LogP contribution in [0.1, 0.15) is 22.5 Å². The van der Waals surface area contributed by atoms with Gasteiger partial charge < -0.3 is 42.1 Å². The Morgan fingerprint density at radius 3 is 1.32 bits per heavy atom. The number of halogens is 1. The van der Waals surface area contributed by atoms with Gasteiger partial charge in [0.2, 0.25) is 0 Å². The van der Waals surface area contributed by atoms with Crippen LogP contribution in [0.5, 0.6) is 0 Å². The largest absolute Gasteiger partial charge is 1.00 e. The van der Waals surface area contributed by atoms with E-state index in [2.05, 4.69) is 100.0 Å². The summed E-state index contributed by atoms with van der Waals surface area (Å²) in [5.41, 5.74) is 8.74. The zero-order chi connectivity index (χ0) is 21.3. The highest BCUT2D eigenvalue weighted by molar-refractivity contribution is 5.88. The van der Waals surface area contributed by atoms with Crippen LogP contribution in [-0.2, 0) is 26.2 Å². The number of quaternary nitrogens is 2. The van der Waals surface area contributed by atoms with Gasteiger partial charge in [0, 0.05) is 44.3 Å². The molecular weight excluding hydrogens is 495 g/mol. The first kappa shape index (κ1) is 22.4. The first-order valence-corrected chi connectivity index (χ1v) is 10.9. The molecule has 5 rings (SSSR count). The summed E-state index contributed by atoms with van der Waals surface area (Å²) in [6.07, 6.45) is 0. The van der Waals surface area contributed by atoms with Crippen molar-refractivity contribution in [2.24, 2.45) is 0 Å². The maximum Gasteiger partial charge on any atom is 0.106 e. The van der Waals surface area contributed by atoms with Gasteiger partial charge in [-0.3, -0.25) is 0 Å². The summed E-state index contributed by atoms with van der Waals surface area (Å²) in [5.74, 6) is 0. The Balaban J connectivity index is 0.00000231. The van der Waals surface area contributed by atoms with Gasteiger partial charge in [0.05, 0.1) is 55.4 Å². The second-order valence-electron chi connectivity index (χ2n) is 11.0. The lowest BCUT2D eigenvalue weighted by Crippen LogP contribution is -3.00. The number of fused-ring (bicyclic) bond motifs is 6. The fraction of sp³-hybridized carbons (Fsp3) is 0.385. The maximum absolute atomic E-state index is 2.59. The Morgan fingerprint density at radius 1 is 0.613 bits per heavy atom. The SMILES string of the molecule is C[N+](C)(C)Cc1c2n(c3ccccc13)Cc1c(C[N+](C)(C)C)c3ccccc3n1C2.[I-]. The minimum atomic E-state index is 0. The summed E-state index contributed by atoms with van der Waals surface area (Å²) in [7, 11) is 13.7. The predicted octanol–water partition coefficient (Wildman–Crippen LogP) is 1.42. The molecular formula is C26H34IN4+. The van der Waals surface area contributed by atoms with Gasteiger partial charge in [-0.1, -0.05) is 36.4 Å². The van der Waals surface area contributed by atoms with E-state index in [1.54, 1.807) is 0 Å². The Bertz CT molecular complexity index is 1160. The van der Waals surface area contributed by atoms with Crippen LogP contribution in [-0.4, -0.2) is 60.4 Å². The standard InChI is InChI=1S/C26H34N4.HI/c1-29(2,3)17-21-19-11-7-9-13-23(19)27-16-26-22(18-30(4,5)6)20-12-8-10-14-24(20)28(26)15-25(21)27;/h7-14H,15-18H2,1-6H3;1H/q+2;/p-1. The van der Waals surface area contributed by atoms with E-state index in [0.29, 0.717) is 0 Å². The molecule has 0 atom stereocenters. The van der Waals surface area contributed by atoms with E-state index in [9.17, 15) is 0 Å². The average molecular weight is 529 g/mol. The molecule has 3 heterocycles. The highest BCUT2D eigenvalue weighted by Crippen LogP contribution is 2.37. The lowest BCUT2D eigenvalue weighted by atomic mass is 10.1. The van der Waals surface area contributed by atoms with E-state index in [0.717, 1.165) is 35.1 Å². The Kier molecular flexibility index (Phi) is 5.51. The van der Waals surface area contributed by atoms with E-state index in [1.807, 2.05) is 0 Å². The van der Waals surface area contributed by atoms with Crippen molar-refractivity contribution in [1.29, 1.82) is 0 Å². The van der Waals surface area contributed by atoms with Crippen molar-refractivity contribution in [1.82, 2.24) is 9.13 Å². The highest BCUT2D eigenvalue weighted by atomic mass is 127. The summed E-state index contributed by atoms with van der Waals surface area (Å²) in [6.45, 7) is 4.00. The predicted molar refractivity (Wildman–Crippen MR) is 126 cm³/mol. The monoisotopic (exact) mass is 529 g/mol. The first-order valence-electron chi connectivity index (χ1n) is 10.9. The summed E-state index contributed by atoms with van der Waals surface area (Å²) in [5, 5.41) is 2.84. The molecule has 31 heavy (non-hydrogen) atoms. The van der Waals surface area contributed by atoms with Crippen LogP contribution >= 0.6 is 0 Å². The summed E-state index contributed by atoms with van der Waals surface area (Å²) in [6, 6.07) is 18.0. The molecule has 2 aromatic heterocycles.